The minimum absolute atomic E-state index is 0.102. The first-order valence-electron chi connectivity index (χ1n) is 3.95. The number of hydrogen-bond acceptors (Lipinski definition) is 3. The van der Waals surface area contributed by atoms with Crippen LogP contribution >= 0.6 is 0 Å². The molecule has 3 nitrogen and oxygen atoms in total. The molecule has 0 aliphatic heterocycles. The maximum absolute atomic E-state index is 11.4. The fraction of sp³-hybridized carbons (Fsp3) is 0.200. The van der Waals surface area contributed by atoms with E-state index >= 15 is 0 Å². The van der Waals surface area contributed by atoms with E-state index in [2.05, 4.69) is 5.16 Å². The number of carbonyl (C=O) groups excluding carboxylic acids is 1. The van der Waals surface area contributed by atoms with Crippen LogP contribution in [0, 0.1) is 6.92 Å². The zero-order chi connectivity index (χ0) is 9.84. The van der Waals surface area contributed by atoms with Gasteiger partial charge in [0, 0.05) is 5.56 Å². The molecular formula is C10H11NO2. The number of carbonyl (C=O) groups is 1. The minimum Gasteiger partial charge on any atom is -0.411 e. The smallest absolute Gasteiger partial charge is 0.210 e. The molecule has 1 aromatic rings. The highest BCUT2D eigenvalue weighted by atomic mass is 16.4. The third-order valence-electron chi connectivity index (χ3n) is 1.76. The number of nitrogens with zero attached hydrogens (tertiary/aromatic N) is 1. The Kier molecular flexibility index (Phi) is 2.80. The molecule has 0 saturated carbocycles. The summed E-state index contributed by atoms with van der Waals surface area (Å²) in [6.07, 6.45) is 0. The van der Waals surface area contributed by atoms with Gasteiger partial charge in [0.25, 0.3) is 0 Å². The fourth-order valence-electron chi connectivity index (χ4n) is 1.04. The van der Waals surface area contributed by atoms with E-state index in [1.165, 1.54) is 6.92 Å². The highest BCUT2D eigenvalue weighted by Crippen LogP contribution is 2.05. The Hall–Kier alpha value is -1.64. The maximum Gasteiger partial charge on any atom is 0.210 e. The number of rotatable bonds is 2. The Morgan fingerprint density at radius 3 is 2.69 bits per heavy atom. The van der Waals surface area contributed by atoms with E-state index < -0.39 is 0 Å². The predicted octanol–water partition coefficient (Wildman–Crippen LogP) is 2.03. The first-order valence-corrected chi connectivity index (χ1v) is 3.95. The maximum atomic E-state index is 11.4. The van der Waals surface area contributed by atoms with Crippen LogP contribution in [0.3, 0.4) is 0 Å². The second-order valence-electron chi connectivity index (χ2n) is 2.88. The average molecular weight is 177 g/mol. The largest absolute Gasteiger partial charge is 0.411 e. The third kappa shape index (κ3) is 2.15. The van der Waals surface area contributed by atoms with E-state index in [1.807, 2.05) is 13.0 Å². The second-order valence-corrected chi connectivity index (χ2v) is 2.88. The van der Waals surface area contributed by atoms with Crippen molar-refractivity contribution in [1.82, 2.24) is 0 Å². The molecule has 0 aromatic heterocycles. The topological polar surface area (TPSA) is 49.7 Å². The van der Waals surface area contributed by atoms with Gasteiger partial charge in [-0.15, -0.1) is 0 Å². The highest BCUT2D eigenvalue weighted by Gasteiger charge is 2.09. The SMILES string of the molecule is C/C(=N/O)C(=O)c1cccc(C)c1. The first-order chi connectivity index (χ1) is 6.15. The van der Waals surface area contributed by atoms with Crippen LogP contribution < -0.4 is 0 Å². The van der Waals surface area contributed by atoms with E-state index in [1.54, 1.807) is 18.2 Å². The molecule has 13 heavy (non-hydrogen) atoms. The van der Waals surface area contributed by atoms with Crippen molar-refractivity contribution < 1.29 is 10.0 Å². The predicted molar refractivity (Wildman–Crippen MR) is 50.4 cm³/mol. The highest BCUT2D eigenvalue weighted by molar-refractivity contribution is 6.45. The van der Waals surface area contributed by atoms with Crippen molar-refractivity contribution in [2.45, 2.75) is 13.8 Å². The quantitative estimate of drug-likeness (QED) is 0.325. The number of ketones is 1. The lowest BCUT2D eigenvalue weighted by molar-refractivity contribution is 0.106. The van der Waals surface area contributed by atoms with Gasteiger partial charge < -0.3 is 5.21 Å². The van der Waals surface area contributed by atoms with Crippen LogP contribution in [0.1, 0.15) is 22.8 Å². The van der Waals surface area contributed by atoms with Gasteiger partial charge in [-0.25, -0.2) is 0 Å². The van der Waals surface area contributed by atoms with E-state index in [0.29, 0.717) is 5.56 Å². The van der Waals surface area contributed by atoms with Gasteiger partial charge in [0.05, 0.1) is 0 Å². The Morgan fingerprint density at radius 1 is 1.46 bits per heavy atom. The lowest BCUT2D eigenvalue weighted by Gasteiger charge is -1.99. The summed E-state index contributed by atoms with van der Waals surface area (Å²) in [4.78, 5) is 11.4. The molecule has 0 radical (unpaired) electrons. The van der Waals surface area contributed by atoms with Crippen LogP contribution in [0.4, 0.5) is 0 Å². The summed E-state index contributed by atoms with van der Waals surface area (Å²) in [6.45, 7) is 3.38. The lowest BCUT2D eigenvalue weighted by Crippen LogP contribution is -2.10. The molecule has 0 aliphatic carbocycles. The van der Waals surface area contributed by atoms with Crippen molar-refractivity contribution in [1.29, 1.82) is 0 Å². The number of oxime groups is 1. The van der Waals surface area contributed by atoms with Crippen LogP contribution in [0.2, 0.25) is 0 Å². The second kappa shape index (κ2) is 3.85. The number of hydrogen-bond donors (Lipinski definition) is 1. The van der Waals surface area contributed by atoms with Gasteiger partial charge >= 0.3 is 0 Å². The van der Waals surface area contributed by atoms with Gasteiger partial charge in [-0.05, 0) is 19.9 Å². The molecule has 1 N–H and O–H groups in total. The van der Waals surface area contributed by atoms with Crippen LogP contribution in [0.15, 0.2) is 29.4 Å². The Labute approximate surface area is 76.7 Å². The van der Waals surface area contributed by atoms with E-state index in [0.717, 1.165) is 5.56 Å². The molecule has 0 amide bonds. The molecule has 0 bridgehead atoms. The van der Waals surface area contributed by atoms with Crippen molar-refractivity contribution in [3.8, 4) is 0 Å². The molecule has 0 fully saturated rings. The van der Waals surface area contributed by atoms with Crippen LogP contribution in [0.5, 0.6) is 0 Å². The normalized spacial score (nSPS) is 11.4. The van der Waals surface area contributed by atoms with E-state index in [9.17, 15) is 4.79 Å². The summed E-state index contributed by atoms with van der Waals surface area (Å²) < 4.78 is 0. The Morgan fingerprint density at radius 2 is 2.15 bits per heavy atom. The summed E-state index contributed by atoms with van der Waals surface area (Å²) in [5, 5.41) is 11.3. The zero-order valence-electron chi connectivity index (χ0n) is 7.61. The van der Waals surface area contributed by atoms with Gasteiger partial charge in [0.2, 0.25) is 5.78 Å². The van der Waals surface area contributed by atoms with Gasteiger partial charge in [0.1, 0.15) is 5.71 Å². The molecule has 0 saturated heterocycles. The summed E-state index contributed by atoms with van der Waals surface area (Å²) in [6, 6.07) is 7.16. The summed E-state index contributed by atoms with van der Waals surface area (Å²) >= 11 is 0. The standard InChI is InChI=1S/C10H11NO2/c1-7-4-3-5-9(6-7)10(12)8(2)11-13/h3-6,13H,1-2H3/b11-8-. The van der Waals surface area contributed by atoms with E-state index in [-0.39, 0.29) is 11.5 Å². The van der Waals surface area contributed by atoms with Crippen molar-refractivity contribution in [2.75, 3.05) is 0 Å². The van der Waals surface area contributed by atoms with Crippen LogP contribution in [0.25, 0.3) is 0 Å². The first kappa shape index (κ1) is 9.45. The zero-order valence-corrected chi connectivity index (χ0v) is 7.61. The monoisotopic (exact) mass is 177 g/mol. The van der Waals surface area contributed by atoms with Crippen molar-refractivity contribution in [3.63, 3.8) is 0 Å². The third-order valence-corrected chi connectivity index (χ3v) is 1.76. The number of Topliss-reactive ketones (excluding diaryl/α,β-unsaturated/α-hetero) is 1. The molecule has 0 spiro atoms. The van der Waals surface area contributed by atoms with E-state index in [4.69, 9.17) is 5.21 Å². The van der Waals surface area contributed by atoms with Gasteiger partial charge in [-0.2, -0.15) is 0 Å². The molecular weight excluding hydrogens is 166 g/mol. The molecule has 68 valence electrons. The molecule has 0 unspecified atom stereocenters. The Bertz CT molecular complexity index is 356. The minimum atomic E-state index is -0.244. The van der Waals surface area contributed by atoms with Crippen LogP contribution in [-0.2, 0) is 0 Å². The van der Waals surface area contributed by atoms with Crippen molar-refractivity contribution in [2.24, 2.45) is 5.16 Å². The average Bonchev–Trinajstić information content (AvgIpc) is 2.15. The van der Waals surface area contributed by atoms with Gasteiger partial charge in [-0.3, -0.25) is 4.79 Å². The summed E-state index contributed by atoms with van der Waals surface area (Å²) in [7, 11) is 0. The summed E-state index contributed by atoms with van der Waals surface area (Å²) in [5.74, 6) is -0.244. The van der Waals surface area contributed by atoms with Crippen molar-refractivity contribution in [3.05, 3.63) is 35.4 Å². The Balaban J connectivity index is 3.03. The molecule has 3 heteroatoms. The molecule has 0 aliphatic rings. The van der Waals surface area contributed by atoms with Gasteiger partial charge in [-0.1, -0.05) is 28.9 Å². The number of benzene rings is 1. The summed E-state index contributed by atoms with van der Waals surface area (Å²) in [5.41, 5.74) is 1.66. The van der Waals surface area contributed by atoms with Crippen LogP contribution in [-0.4, -0.2) is 16.7 Å². The molecule has 1 rings (SSSR count). The molecule has 0 atom stereocenters. The lowest BCUT2D eigenvalue weighted by atomic mass is 10.1. The fourth-order valence-corrected chi connectivity index (χ4v) is 1.04. The number of aryl methyl sites for hydroxylation is 1. The molecule has 1 aromatic carbocycles. The molecule has 0 heterocycles. The van der Waals surface area contributed by atoms with Crippen molar-refractivity contribution >= 4 is 11.5 Å². The van der Waals surface area contributed by atoms with Gasteiger partial charge in [0.15, 0.2) is 0 Å².